The first-order valence-corrected chi connectivity index (χ1v) is 35.5. The van der Waals surface area contributed by atoms with Gasteiger partial charge in [-0.25, -0.2) is 14.8 Å². The molecule has 1 aliphatic rings. The molecule has 13 atom stereocenters. The summed E-state index contributed by atoms with van der Waals surface area (Å²) in [4.78, 5) is 221. The number of carbonyl (C=O) groups is 15. The Morgan fingerprint density at radius 3 is 1.60 bits per heavy atom. The van der Waals surface area contributed by atoms with E-state index in [1.54, 1.807) is 58.2 Å². The van der Waals surface area contributed by atoms with Crippen LogP contribution in [0.15, 0.2) is 55.5 Å². The zero-order valence-electron chi connectivity index (χ0n) is 60.8. The van der Waals surface area contributed by atoms with Crippen molar-refractivity contribution in [3.63, 3.8) is 0 Å². The molecule has 1 saturated heterocycles. The van der Waals surface area contributed by atoms with E-state index in [2.05, 4.69) is 88.7 Å². The third-order valence-electron chi connectivity index (χ3n) is 17.8. The van der Waals surface area contributed by atoms with E-state index in [4.69, 9.17) is 17.2 Å². The number of nitrogens with two attached hydrogens (primary N) is 3. The molecule has 39 nitrogen and oxygen atoms in total. The van der Waals surface area contributed by atoms with Gasteiger partial charge >= 0.3 is 11.9 Å². The van der Waals surface area contributed by atoms with Crippen LogP contribution in [-0.4, -0.2) is 246 Å². The number of H-pyrrole nitrogens is 3. The Balaban J connectivity index is 1.22. The normalized spacial score (nSPS) is 16.0. The number of rotatable bonds is 46. The predicted octanol–water partition coefficient (Wildman–Crippen LogP) is -5.41. The number of para-hydroxylation sites is 1. The maximum absolute atomic E-state index is 14.7. The lowest BCUT2D eigenvalue weighted by atomic mass is 9.96. The standard InChI is InChI=1S/C68H103N21O18/c1-7-36(4)56(66(104)81-45(18-11-13-21-70)60(98)85-49(68(106)107)25-41-29-73-34-79-41)87-63(101)50-19-14-22-89(50)67(105)48(26-54(94)95)84-61(99)46(23-39-27-74-43-16-9-8-15-42(39)43)83-65(103)55(35(2)3)86-53(93)32-76-51(91)30-75-52(92)31-77-64(102)57(38(6)90)88-62(100)47(24-40-28-72-33-78-40)82-59(97)44(17-10-12-20-69)80-58(96)37(5)71/h8-9,15-16,27-29,33-38,44-50,55-57,74,90H,7,10-14,17-26,30-32,69-71H2,1-6H3,(H,72,78)(H,73,79)(H,75,92)(H,76,91)(H,77,102)(H,80,96)(H,81,104)(H,82,97)(H,83,103)(H,84,99)(H,85,98)(H,86,93)(H,87,101)(H,88,100)(H,94,95)(H,106,107)/t36-,37-,38+,44-,45-,46-,47-,48-,49-,50-,55-,56-,57-/m0/s1. The second kappa shape index (κ2) is 43.5. The maximum atomic E-state index is 14.7. The summed E-state index contributed by atoms with van der Waals surface area (Å²) in [6.07, 6.45) is 6.41. The Labute approximate surface area is 616 Å². The van der Waals surface area contributed by atoms with Crippen LogP contribution in [0.5, 0.6) is 0 Å². The number of fused-ring (bicyclic) bond motifs is 1. The van der Waals surface area contributed by atoms with Crippen molar-refractivity contribution in [1.82, 2.24) is 93.6 Å². The second-order valence-electron chi connectivity index (χ2n) is 26.6. The Kier molecular flexibility index (Phi) is 35.3. The zero-order valence-corrected chi connectivity index (χ0v) is 60.8. The third-order valence-corrected chi connectivity index (χ3v) is 17.8. The summed E-state index contributed by atoms with van der Waals surface area (Å²) in [6, 6.07) is -8.39. The van der Waals surface area contributed by atoms with Gasteiger partial charge in [0.05, 0.1) is 50.9 Å². The van der Waals surface area contributed by atoms with E-state index in [1.165, 1.54) is 38.9 Å². The van der Waals surface area contributed by atoms with E-state index in [9.17, 15) is 87.2 Å². The van der Waals surface area contributed by atoms with Crippen molar-refractivity contribution in [3.05, 3.63) is 72.5 Å². The van der Waals surface area contributed by atoms with Gasteiger partial charge < -0.3 is 116 Å². The smallest absolute Gasteiger partial charge is 0.326 e. The fraction of sp³-hybridized carbons (Fsp3) is 0.574. The lowest BCUT2D eigenvalue weighted by Gasteiger charge is -2.32. The number of carboxylic acid groups (broad SMARTS) is 2. The molecule has 4 aromatic rings. The number of amides is 13. The number of aliphatic hydroxyl groups excluding tert-OH is 1. The first-order chi connectivity index (χ1) is 50.8. The number of hydrogen-bond donors (Lipinski definition) is 21. The average molecular weight is 1500 g/mol. The van der Waals surface area contributed by atoms with Gasteiger partial charge in [-0.1, -0.05) is 52.3 Å². The van der Waals surface area contributed by atoms with Crippen molar-refractivity contribution in [2.45, 2.75) is 198 Å². The molecule has 0 radical (unpaired) electrons. The number of nitrogens with one attached hydrogen (secondary N) is 15. The van der Waals surface area contributed by atoms with Crippen LogP contribution in [0.3, 0.4) is 0 Å². The van der Waals surface area contributed by atoms with Crippen LogP contribution in [0.2, 0.25) is 0 Å². The largest absolute Gasteiger partial charge is 0.481 e. The van der Waals surface area contributed by atoms with Crippen molar-refractivity contribution in [1.29, 1.82) is 0 Å². The molecule has 0 unspecified atom stereocenters. The summed E-state index contributed by atoms with van der Waals surface area (Å²) < 4.78 is 0. The highest BCUT2D eigenvalue weighted by Gasteiger charge is 2.42. The molecular formula is C68H103N21O18. The van der Waals surface area contributed by atoms with Crippen LogP contribution in [0, 0.1) is 11.8 Å². The molecule has 4 heterocycles. The Morgan fingerprint density at radius 1 is 0.551 bits per heavy atom. The van der Waals surface area contributed by atoms with Crippen molar-refractivity contribution in [2.75, 3.05) is 39.3 Å². The summed E-state index contributed by atoms with van der Waals surface area (Å²) in [6.45, 7) is 7.33. The molecule has 107 heavy (non-hydrogen) atoms. The quantitative estimate of drug-likeness (QED) is 0.0184. The van der Waals surface area contributed by atoms with Crippen molar-refractivity contribution in [2.24, 2.45) is 29.0 Å². The number of benzene rings is 1. The van der Waals surface area contributed by atoms with Gasteiger partial charge in [0, 0.05) is 66.7 Å². The Bertz CT molecular complexity index is 3680. The number of unbranched alkanes of at least 4 members (excludes halogenated alkanes) is 2. The van der Waals surface area contributed by atoms with E-state index in [0.717, 1.165) is 4.90 Å². The van der Waals surface area contributed by atoms with E-state index < -0.39 is 199 Å². The van der Waals surface area contributed by atoms with Gasteiger partial charge in [0.2, 0.25) is 76.8 Å². The third kappa shape index (κ3) is 27.8. The molecule has 24 N–H and O–H groups in total. The second-order valence-corrected chi connectivity index (χ2v) is 26.6. The summed E-state index contributed by atoms with van der Waals surface area (Å²) in [5, 5.41) is 61.2. The van der Waals surface area contributed by atoms with E-state index in [0.29, 0.717) is 66.5 Å². The number of hydrogen-bond acceptors (Lipinski definition) is 21. The number of aromatic nitrogens is 5. The van der Waals surface area contributed by atoms with Gasteiger partial charge in [-0.05, 0) is 102 Å². The highest BCUT2D eigenvalue weighted by molar-refractivity contribution is 6.00. The minimum absolute atomic E-state index is 0.0424. The topological polar surface area (TPSA) is 616 Å². The van der Waals surface area contributed by atoms with Crippen LogP contribution < -0.4 is 81.0 Å². The number of imidazole rings is 2. The molecule has 1 fully saturated rings. The molecule has 5 rings (SSSR count). The summed E-state index contributed by atoms with van der Waals surface area (Å²) in [7, 11) is 0. The van der Waals surface area contributed by atoms with Gasteiger partial charge in [0.25, 0.3) is 0 Å². The summed E-state index contributed by atoms with van der Waals surface area (Å²) >= 11 is 0. The molecule has 13 amide bonds. The number of carboxylic acids is 2. The summed E-state index contributed by atoms with van der Waals surface area (Å²) in [5.41, 5.74) is 19.0. The van der Waals surface area contributed by atoms with Crippen LogP contribution >= 0.6 is 0 Å². The van der Waals surface area contributed by atoms with Gasteiger partial charge in [-0.3, -0.25) is 67.1 Å². The van der Waals surface area contributed by atoms with Gasteiger partial charge in [-0.2, -0.15) is 0 Å². The van der Waals surface area contributed by atoms with Crippen LogP contribution in [0.1, 0.15) is 123 Å². The van der Waals surface area contributed by atoms with Gasteiger partial charge in [0.1, 0.15) is 60.4 Å². The molecule has 1 aliphatic heterocycles. The first-order valence-electron chi connectivity index (χ1n) is 35.5. The molecule has 0 saturated carbocycles. The number of carbonyl (C=O) groups excluding carboxylic acids is 13. The average Bonchev–Trinajstić information content (AvgIpc) is 1.60. The molecule has 0 aliphatic carbocycles. The SMILES string of the molecule is CC[C@H](C)[C@H](NC(=O)[C@@H]1CCCN1C(=O)[C@H](CC(=O)O)NC(=O)[C@H](Cc1c[nH]c2ccccc12)NC(=O)[C@@H](NC(=O)CNC(=O)CNC(=O)CNC(=O)[C@@H](NC(=O)[C@H](Cc1cnc[nH]1)NC(=O)[C@H](CCCCN)NC(=O)[C@H](C)N)[C@@H](C)O)C(C)C)C(=O)N[C@@H](CCCCN)C(=O)N[C@@H](Cc1cnc[nH]1)C(=O)O. The number of likely N-dealkylation sites (tertiary alicyclic amines) is 1. The number of aliphatic carboxylic acids is 2. The van der Waals surface area contributed by atoms with E-state index in [1.807, 2.05) is 0 Å². The zero-order chi connectivity index (χ0) is 79.0. The lowest BCUT2D eigenvalue weighted by Crippen LogP contribution is -2.61. The molecule has 0 spiro atoms. The summed E-state index contributed by atoms with van der Waals surface area (Å²) in [5.74, 6) is -15.7. The van der Waals surface area contributed by atoms with E-state index >= 15 is 0 Å². The molecule has 1 aromatic carbocycles. The minimum atomic E-state index is -1.85. The first kappa shape index (κ1) is 86.7. The minimum Gasteiger partial charge on any atom is -0.481 e. The van der Waals surface area contributed by atoms with Crippen LogP contribution in [0.25, 0.3) is 10.9 Å². The van der Waals surface area contributed by atoms with Crippen LogP contribution in [0.4, 0.5) is 0 Å². The Morgan fingerprint density at radius 2 is 1.06 bits per heavy atom. The maximum Gasteiger partial charge on any atom is 0.326 e. The molecular weight excluding hydrogens is 1400 g/mol. The van der Waals surface area contributed by atoms with Crippen molar-refractivity contribution in [3.8, 4) is 0 Å². The molecule has 3 aromatic heterocycles. The van der Waals surface area contributed by atoms with Gasteiger partial charge in [0.15, 0.2) is 0 Å². The number of nitrogens with zero attached hydrogens (tertiary/aromatic N) is 3. The van der Waals surface area contributed by atoms with Crippen LogP contribution in [-0.2, 0) is 91.2 Å². The predicted molar refractivity (Wildman–Crippen MR) is 383 cm³/mol. The van der Waals surface area contributed by atoms with Gasteiger partial charge in [-0.15, -0.1) is 0 Å². The molecule has 0 bridgehead atoms. The number of aliphatic hydroxyl groups is 1. The fourth-order valence-corrected chi connectivity index (χ4v) is 11.5. The fourth-order valence-electron chi connectivity index (χ4n) is 11.5. The number of aromatic amines is 3. The Hall–Kier alpha value is -10.9. The molecule has 39 heteroatoms. The highest BCUT2D eigenvalue weighted by atomic mass is 16.4. The van der Waals surface area contributed by atoms with E-state index in [-0.39, 0.29) is 58.0 Å². The highest BCUT2D eigenvalue weighted by Crippen LogP contribution is 2.23. The molecule has 588 valence electrons. The lowest BCUT2D eigenvalue weighted by molar-refractivity contribution is -0.146. The monoisotopic (exact) mass is 1500 g/mol. The van der Waals surface area contributed by atoms with Crippen molar-refractivity contribution >= 4 is 99.6 Å². The van der Waals surface area contributed by atoms with Crippen molar-refractivity contribution < 1.29 is 87.2 Å².